The van der Waals surface area contributed by atoms with Gasteiger partial charge in [0.15, 0.2) is 0 Å². The third kappa shape index (κ3) is 2.30. The largest absolute Gasteiger partial charge is 0.298 e. The Morgan fingerprint density at radius 3 is 2.31 bits per heavy atom. The van der Waals surface area contributed by atoms with Crippen molar-refractivity contribution in [3.63, 3.8) is 0 Å². The van der Waals surface area contributed by atoms with Crippen molar-refractivity contribution in [2.24, 2.45) is 0 Å². The molecule has 1 aromatic carbocycles. The molecule has 2 N–H and O–H groups in total. The quantitative estimate of drug-likeness (QED) is 0.786. The smallest absolute Gasteiger partial charge is 0.0835 e. The SMILES string of the molecule is Brc1ccc(C2NCCCN2)cc1. The first-order chi connectivity index (χ1) is 6.36. The van der Waals surface area contributed by atoms with E-state index in [1.807, 2.05) is 0 Å². The molecule has 0 amide bonds. The van der Waals surface area contributed by atoms with Crippen LogP contribution in [0.3, 0.4) is 0 Å². The molecule has 2 rings (SSSR count). The van der Waals surface area contributed by atoms with E-state index in [0.29, 0.717) is 6.17 Å². The van der Waals surface area contributed by atoms with E-state index in [2.05, 4.69) is 50.8 Å². The molecule has 0 radical (unpaired) electrons. The Morgan fingerprint density at radius 1 is 1.08 bits per heavy atom. The first kappa shape index (κ1) is 9.19. The van der Waals surface area contributed by atoms with Crippen molar-refractivity contribution in [2.45, 2.75) is 12.6 Å². The zero-order chi connectivity index (χ0) is 9.10. The molecule has 0 spiro atoms. The number of rotatable bonds is 1. The molecule has 0 saturated carbocycles. The highest BCUT2D eigenvalue weighted by Gasteiger charge is 2.12. The Hall–Kier alpha value is -0.380. The number of hydrogen-bond donors (Lipinski definition) is 2. The average Bonchev–Trinajstić information content (AvgIpc) is 2.20. The van der Waals surface area contributed by atoms with Gasteiger partial charge in [0.05, 0.1) is 6.17 Å². The summed E-state index contributed by atoms with van der Waals surface area (Å²) in [4.78, 5) is 0. The van der Waals surface area contributed by atoms with Crippen LogP contribution in [0.15, 0.2) is 28.7 Å². The van der Waals surface area contributed by atoms with Crippen molar-refractivity contribution in [1.29, 1.82) is 0 Å². The number of halogens is 1. The maximum absolute atomic E-state index is 3.43. The standard InChI is InChI=1S/C10H13BrN2/c11-9-4-2-8(3-5-9)10-12-6-1-7-13-10/h2-5,10,12-13H,1,6-7H2. The molecule has 1 saturated heterocycles. The maximum Gasteiger partial charge on any atom is 0.0835 e. The van der Waals surface area contributed by atoms with Crippen LogP contribution in [0.1, 0.15) is 18.2 Å². The molecule has 2 nitrogen and oxygen atoms in total. The molecular weight excluding hydrogens is 228 g/mol. The number of benzene rings is 1. The fraction of sp³-hybridized carbons (Fsp3) is 0.400. The Labute approximate surface area is 86.9 Å². The van der Waals surface area contributed by atoms with Gasteiger partial charge in [-0.2, -0.15) is 0 Å². The summed E-state index contributed by atoms with van der Waals surface area (Å²) in [5.74, 6) is 0. The summed E-state index contributed by atoms with van der Waals surface area (Å²) >= 11 is 3.43. The molecule has 0 aliphatic carbocycles. The van der Waals surface area contributed by atoms with Gasteiger partial charge in [-0.3, -0.25) is 10.6 Å². The monoisotopic (exact) mass is 240 g/mol. The van der Waals surface area contributed by atoms with Crippen LogP contribution >= 0.6 is 15.9 Å². The van der Waals surface area contributed by atoms with Crippen LogP contribution in [0.25, 0.3) is 0 Å². The summed E-state index contributed by atoms with van der Waals surface area (Å²) in [5.41, 5.74) is 1.31. The Bertz CT molecular complexity index is 265. The van der Waals surface area contributed by atoms with Crippen LogP contribution in [0, 0.1) is 0 Å². The average molecular weight is 241 g/mol. The summed E-state index contributed by atoms with van der Waals surface area (Å²) in [6, 6.07) is 8.43. The summed E-state index contributed by atoms with van der Waals surface area (Å²) in [5, 5.41) is 6.86. The minimum absolute atomic E-state index is 0.335. The van der Waals surface area contributed by atoms with Crippen molar-refractivity contribution in [1.82, 2.24) is 10.6 Å². The van der Waals surface area contributed by atoms with Gasteiger partial charge in [0.1, 0.15) is 0 Å². The number of hydrogen-bond acceptors (Lipinski definition) is 2. The van der Waals surface area contributed by atoms with Crippen molar-refractivity contribution in [3.8, 4) is 0 Å². The van der Waals surface area contributed by atoms with Gasteiger partial charge >= 0.3 is 0 Å². The molecule has 1 aliphatic rings. The molecule has 1 fully saturated rings. The van der Waals surface area contributed by atoms with Crippen molar-refractivity contribution < 1.29 is 0 Å². The summed E-state index contributed by atoms with van der Waals surface area (Å²) in [6.07, 6.45) is 1.55. The molecule has 1 aliphatic heterocycles. The van der Waals surface area contributed by atoms with E-state index in [4.69, 9.17) is 0 Å². The highest BCUT2D eigenvalue weighted by molar-refractivity contribution is 9.10. The van der Waals surface area contributed by atoms with E-state index < -0.39 is 0 Å². The molecule has 0 bridgehead atoms. The van der Waals surface area contributed by atoms with E-state index in [0.717, 1.165) is 17.6 Å². The van der Waals surface area contributed by atoms with Gasteiger partial charge in [-0.25, -0.2) is 0 Å². The molecule has 3 heteroatoms. The topological polar surface area (TPSA) is 24.1 Å². The molecule has 0 atom stereocenters. The maximum atomic E-state index is 3.43. The van der Waals surface area contributed by atoms with Crippen LogP contribution in [-0.2, 0) is 0 Å². The molecule has 70 valence electrons. The van der Waals surface area contributed by atoms with E-state index in [1.54, 1.807) is 0 Å². The Morgan fingerprint density at radius 2 is 1.69 bits per heavy atom. The second-order valence-electron chi connectivity index (χ2n) is 3.25. The van der Waals surface area contributed by atoms with Crippen LogP contribution in [0.4, 0.5) is 0 Å². The van der Waals surface area contributed by atoms with Gasteiger partial charge in [-0.1, -0.05) is 28.1 Å². The van der Waals surface area contributed by atoms with Gasteiger partial charge in [-0.15, -0.1) is 0 Å². The lowest BCUT2D eigenvalue weighted by Gasteiger charge is -2.25. The van der Waals surface area contributed by atoms with Gasteiger partial charge in [0.2, 0.25) is 0 Å². The van der Waals surface area contributed by atoms with E-state index in [-0.39, 0.29) is 0 Å². The third-order valence-electron chi connectivity index (χ3n) is 2.25. The molecule has 1 aromatic rings. The fourth-order valence-electron chi connectivity index (χ4n) is 1.54. The highest BCUT2D eigenvalue weighted by atomic mass is 79.9. The van der Waals surface area contributed by atoms with E-state index in [9.17, 15) is 0 Å². The molecule has 1 heterocycles. The highest BCUT2D eigenvalue weighted by Crippen LogP contribution is 2.16. The predicted octanol–water partition coefficient (Wildman–Crippen LogP) is 2.03. The summed E-state index contributed by atoms with van der Waals surface area (Å²) in [6.45, 7) is 2.21. The molecule has 13 heavy (non-hydrogen) atoms. The van der Waals surface area contributed by atoms with Crippen molar-refractivity contribution in [2.75, 3.05) is 13.1 Å². The third-order valence-corrected chi connectivity index (χ3v) is 2.78. The van der Waals surface area contributed by atoms with Crippen LogP contribution in [-0.4, -0.2) is 13.1 Å². The fourth-order valence-corrected chi connectivity index (χ4v) is 1.81. The summed E-state index contributed by atoms with van der Waals surface area (Å²) < 4.78 is 1.13. The lowest BCUT2D eigenvalue weighted by Crippen LogP contribution is -2.41. The first-order valence-corrected chi connectivity index (χ1v) is 5.38. The van der Waals surface area contributed by atoms with Gasteiger partial charge in [0.25, 0.3) is 0 Å². The zero-order valence-corrected chi connectivity index (χ0v) is 8.97. The van der Waals surface area contributed by atoms with Gasteiger partial charge in [0, 0.05) is 4.47 Å². The van der Waals surface area contributed by atoms with Crippen LogP contribution in [0.5, 0.6) is 0 Å². The Balaban J connectivity index is 2.10. The van der Waals surface area contributed by atoms with Gasteiger partial charge in [-0.05, 0) is 37.2 Å². The first-order valence-electron chi connectivity index (χ1n) is 4.58. The summed E-state index contributed by atoms with van der Waals surface area (Å²) in [7, 11) is 0. The second-order valence-corrected chi connectivity index (χ2v) is 4.16. The van der Waals surface area contributed by atoms with E-state index >= 15 is 0 Å². The zero-order valence-electron chi connectivity index (χ0n) is 7.39. The molecular formula is C10H13BrN2. The van der Waals surface area contributed by atoms with Gasteiger partial charge < -0.3 is 0 Å². The molecule has 0 unspecified atom stereocenters. The lowest BCUT2D eigenvalue weighted by molar-refractivity contribution is 0.380. The number of nitrogens with one attached hydrogen (secondary N) is 2. The normalized spacial score (nSPS) is 18.8. The minimum Gasteiger partial charge on any atom is -0.298 e. The van der Waals surface area contributed by atoms with Crippen molar-refractivity contribution >= 4 is 15.9 Å². The van der Waals surface area contributed by atoms with E-state index in [1.165, 1.54) is 12.0 Å². The second kappa shape index (κ2) is 4.22. The van der Waals surface area contributed by atoms with Crippen molar-refractivity contribution in [3.05, 3.63) is 34.3 Å². The lowest BCUT2D eigenvalue weighted by atomic mass is 10.1. The minimum atomic E-state index is 0.335. The predicted molar refractivity (Wildman–Crippen MR) is 57.5 cm³/mol. The van der Waals surface area contributed by atoms with Crippen LogP contribution in [0.2, 0.25) is 0 Å². The molecule has 0 aromatic heterocycles. The van der Waals surface area contributed by atoms with Crippen LogP contribution < -0.4 is 10.6 Å². The Kier molecular flexibility index (Phi) is 2.98.